The third kappa shape index (κ3) is 3.43. The molecule has 2 rings (SSSR count). The topological polar surface area (TPSA) is 56.0 Å². The fraction of sp³-hybridized carbons (Fsp3) is 0.308. The van der Waals surface area contributed by atoms with Crippen molar-refractivity contribution in [3.8, 4) is 11.4 Å². The molecule has 1 aromatic heterocycles. The molecule has 0 aliphatic carbocycles. The number of rotatable bonds is 4. The highest BCUT2D eigenvalue weighted by atomic mass is 19.4. The molecule has 0 bridgehead atoms. The molecule has 0 fully saturated rings. The molecular formula is C13H11F3N2O2. The molecular weight excluding hydrogens is 273 g/mol. The van der Waals surface area contributed by atoms with E-state index in [9.17, 15) is 18.0 Å². The summed E-state index contributed by atoms with van der Waals surface area (Å²) in [6.45, 7) is 1.51. The molecule has 0 aliphatic heterocycles. The molecule has 0 aliphatic rings. The van der Waals surface area contributed by atoms with Crippen LogP contribution >= 0.6 is 0 Å². The van der Waals surface area contributed by atoms with E-state index in [1.165, 1.54) is 6.92 Å². The van der Waals surface area contributed by atoms with Gasteiger partial charge in [0.2, 0.25) is 5.82 Å². The highest BCUT2D eigenvalue weighted by molar-refractivity contribution is 5.75. The summed E-state index contributed by atoms with van der Waals surface area (Å²) in [5.74, 6) is -1.40. The molecule has 4 nitrogen and oxygen atoms in total. The van der Waals surface area contributed by atoms with Crippen LogP contribution in [-0.4, -0.2) is 15.9 Å². The second kappa shape index (κ2) is 5.44. The summed E-state index contributed by atoms with van der Waals surface area (Å²) >= 11 is 0. The smallest absolute Gasteiger partial charge is 0.329 e. The fourth-order valence-electron chi connectivity index (χ4n) is 1.60. The molecule has 0 saturated carbocycles. The number of Topliss-reactive ketones (excluding diaryl/α,β-unsaturated/α-hetero) is 1. The molecule has 0 atom stereocenters. The van der Waals surface area contributed by atoms with Gasteiger partial charge in [-0.25, -0.2) is 0 Å². The number of alkyl halides is 3. The van der Waals surface area contributed by atoms with E-state index in [0.717, 1.165) is 5.56 Å². The molecule has 106 valence electrons. The van der Waals surface area contributed by atoms with Crippen LogP contribution in [0, 0.1) is 0 Å². The van der Waals surface area contributed by atoms with Crippen molar-refractivity contribution in [3.63, 3.8) is 0 Å². The molecule has 0 N–H and O–H groups in total. The maximum atomic E-state index is 12.3. The van der Waals surface area contributed by atoms with Gasteiger partial charge in [0.05, 0.1) is 0 Å². The predicted molar refractivity (Wildman–Crippen MR) is 63.7 cm³/mol. The zero-order valence-corrected chi connectivity index (χ0v) is 10.6. The second-order valence-electron chi connectivity index (χ2n) is 4.32. The van der Waals surface area contributed by atoms with Crippen LogP contribution in [0.4, 0.5) is 13.2 Å². The lowest BCUT2D eigenvalue weighted by Crippen LogP contribution is -2.04. The minimum Gasteiger partial charge on any atom is -0.329 e. The Labute approximate surface area is 112 Å². The summed E-state index contributed by atoms with van der Waals surface area (Å²) in [5.41, 5.74) is 1.35. The van der Waals surface area contributed by atoms with Gasteiger partial charge in [-0.1, -0.05) is 29.4 Å². The standard InChI is InChI=1S/C13H11F3N2O2/c1-8(19)2-3-9-4-6-10(7-5-9)11-17-12(20-18-11)13(14,15)16/h4-7H,2-3H2,1H3. The van der Waals surface area contributed by atoms with Gasteiger partial charge in [0.1, 0.15) is 5.78 Å². The fourth-order valence-corrected chi connectivity index (χ4v) is 1.60. The first-order valence-electron chi connectivity index (χ1n) is 5.86. The number of hydrogen-bond acceptors (Lipinski definition) is 4. The Kier molecular flexibility index (Phi) is 3.87. The average molecular weight is 284 g/mol. The van der Waals surface area contributed by atoms with Crippen LogP contribution in [0.1, 0.15) is 24.8 Å². The number of hydrogen-bond donors (Lipinski definition) is 0. The first-order valence-corrected chi connectivity index (χ1v) is 5.86. The van der Waals surface area contributed by atoms with Gasteiger partial charge in [-0.05, 0) is 18.9 Å². The average Bonchev–Trinajstić information content (AvgIpc) is 2.86. The quantitative estimate of drug-likeness (QED) is 0.864. The van der Waals surface area contributed by atoms with Gasteiger partial charge in [0, 0.05) is 12.0 Å². The minimum atomic E-state index is -4.65. The van der Waals surface area contributed by atoms with Crippen molar-refractivity contribution < 1.29 is 22.5 Å². The molecule has 0 saturated heterocycles. The van der Waals surface area contributed by atoms with Crippen LogP contribution in [-0.2, 0) is 17.4 Å². The number of halogens is 3. The Morgan fingerprint density at radius 3 is 2.40 bits per heavy atom. The first-order chi connectivity index (χ1) is 9.36. The van der Waals surface area contributed by atoms with Gasteiger partial charge in [-0.2, -0.15) is 18.2 Å². The molecule has 20 heavy (non-hydrogen) atoms. The molecule has 1 heterocycles. The van der Waals surface area contributed by atoms with Crippen LogP contribution in [0.15, 0.2) is 28.8 Å². The zero-order valence-electron chi connectivity index (χ0n) is 10.6. The Balaban J connectivity index is 2.14. The second-order valence-corrected chi connectivity index (χ2v) is 4.32. The van der Waals surface area contributed by atoms with Gasteiger partial charge >= 0.3 is 12.1 Å². The van der Waals surface area contributed by atoms with E-state index in [0.29, 0.717) is 18.4 Å². The van der Waals surface area contributed by atoms with Gasteiger partial charge in [-0.15, -0.1) is 0 Å². The number of aryl methyl sites for hydroxylation is 1. The van der Waals surface area contributed by atoms with Crippen molar-refractivity contribution in [3.05, 3.63) is 35.7 Å². The molecule has 0 spiro atoms. The third-order valence-electron chi connectivity index (χ3n) is 2.65. The van der Waals surface area contributed by atoms with Gasteiger partial charge in [0.15, 0.2) is 0 Å². The SMILES string of the molecule is CC(=O)CCc1ccc(-c2noc(C(F)(F)F)n2)cc1. The zero-order chi connectivity index (χ0) is 14.8. The molecule has 1 aromatic carbocycles. The van der Waals surface area contributed by atoms with Gasteiger partial charge < -0.3 is 9.32 Å². The molecule has 0 unspecified atom stereocenters. The normalized spacial score (nSPS) is 11.6. The number of carbonyl (C=O) groups is 1. The summed E-state index contributed by atoms with van der Waals surface area (Å²) in [4.78, 5) is 14.2. The number of benzene rings is 1. The highest BCUT2D eigenvalue weighted by Crippen LogP contribution is 2.29. The number of nitrogens with zero attached hydrogens (tertiary/aromatic N) is 2. The Bertz CT molecular complexity index is 603. The number of carbonyl (C=O) groups excluding carboxylic acids is 1. The predicted octanol–water partition coefficient (Wildman–Crippen LogP) is 3.28. The van der Waals surface area contributed by atoms with Gasteiger partial charge in [-0.3, -0.25) is 0 Å². The first kappa shape index (κ1) is 14.2. The maximum absolute atomic E-state index is 12.3. The van der Waals surface area contributed by atoms with Crippen molar-refractivity contribution >= 4 is 5.78 Å². The molecule has 0 radical (unpaired) electrons. The van der Waals surface area contributed by atoms with Crippen LogP contribution in [0.25, 0.3) is 11.4 Å². The molecule has 2 aromatic rings. The van der Waals surface area contributed by atoms with Crippen LogP contribution < -0.4 is 0 Å². The van der Waals surface area contributed by atoms with E-state index in [2.05, 4.69) is 14.7 Å². The van der Waals surface area contributed by atoms with E-state index < -0.39 is 12.1 Å². The number of ketones is 1. The summed E-state index contributed by atoms with van der Waals surface area (Å²) < 4.78 is 41.1. The summed E-state index contributed by atoms with van der Waals surface area (Å²) in [6.07, 6.45) is -3.62. The third-order valence-corrected chi connectivity index (χ3v) is 2.65. The highest BCUT2D eigenvalue weighted by Gasteiger charge is 2.38. The summed E-state index contributed by atoms with van der Waals surface area (Å²) in [5, 5.41) is 3.30. The monoisotopic (exact) mass is 284 g/mol. The van der Waals surface area contributed by atoms with Crippen LogP contribution in [0.2, 0.25) is 0 Å². The maximum Gasteiger partial charge on any atom is 0.471 e. The van der Waals surface area contributed by atoms with Crippen molar-refractivity contribution in [2.45, 2.75) is 25.9 Å². The molecule has 0 amide bonds. The largest absolute Gasteiger partial charge is 0.471 e. The summed E-state index contributed by atoms with van der Waals surface area (Å²) in [7, 11) is 0. The van der Waals surface area contributed by atoms with E-state index in [1.54, 1.807) is 24.3 Å². The van der Waals surface area contributed by atoms with Crippen LogP contribution in [0.5, 0.6) is 0 Å². The Morgan fingerprint density at radius 1 is 1.25 bits per heavy atom. The Hall–Kier alpha value is -2.18. The lowest BCUT2D eigenvalue weighted by molar-refractivity contribution is -0.159. The van der Waals surface area contributed by atoms with Crippen molar-refractivity contribution in [1.29, 1.82) is 0 Å². The van der Waals surface area contributed by atoms with Crippen molar-refractivity contribution in [1.82, 2.24) is 10.1 Å². The number of aromatic nitrogens is 2. The summed E-state index contributed by atoms with van der Waals surface area (Å²) in [6, 6.07) is 6.64. The lowest BCUT2D eigenvalue weighted by Gasteiger charge is -2.00. The van der Waals surface area contributed by atoms with Crippen molar-refractivity contribution in [2.24, 2.45) is 0 Å². The van der Waals surface area contributed by atoms with E-state index in [1.807, 2.05) is 0 Å². The minimum absolute atomic E-state index is 0.0852. The lowest BCUT2D eigenvalue weighted by atomic mass is 10.1. The Morgan fingerprint density at radius 2 is 1.90 bits per heavy atom. The van der Waals surface area contributed by atoms with Gasteiger partial charge in [0.25, 0.3) is 0 Å². The van der Waals surface area contributed by atoms with Crippen molar-refractivity contribution in [2.75, 3.05) is 0 Å². The van der Waals surface area contributed by atoms with E-state index in [4.69, 9.17) is 0 Å². The molecule has 7 heteroatoms. The van der Waals surface area contributed by atoms with E-state index in [-0.39, 0.29) is 11.6 Å². The van der Waals surface area contributed by atoms with E-state index >= 15 is 0 Å². The van der Waals surface area contributed by atoms with Crippen LogP contribution in [0.3, 0.4) is 0 Å².